The summed E-state index contributed by atoms with van der Waals surface area (Å²) in [6.07, 6.45) is 6.64. The number of hydrogen-bond donors (Lipinski definition) is 1. The van der Waals surface area contributed by atoms with Crippen LogP contribution in [0.25, 0.3) is 0 Å². The molecular weight excluding hydrogens is 246 g/mol. The van der Waals surface area contributed by atoms with Gasteiger partial charge in [-0.2, -0.15) is 0 Å². The van der Waals surface area contributed by atoms with Gasteiger partial charge in [-0.15, -0.1) is 0 Å². The van der Waals surface area contributed by atoms with Gasteiger partial charge in [0.2, 0.25) is 0 Å². The molecule has 1 fully saturated rings. The molecule has 1 aliphatic carbocycles. The highest BCUT2D eigenvalue weighted by Crippen LogP contribution is 2.40. The first-order valence-electron chi connectivity index (χ1n) is 8.09. The average Bonchev–Trinajstić information content (AvgIpc) is 2.91. The van der Waals surface area contributed by atoms with Gasteiger partial charge in [0.05, 0.1) is 0 Å². The molecule has 2 aliphatic rings. The topological polar surface area (TPSA) is 21.3 Å². The van der Waals surface area contributed by atoms with Crippen molar-refractivity contribution in [1.29, 1.82) is 0 Å². The highest BCUT2D eigenvalue weighted by Gasteiger charge is 2.35. The SMILES string of the molecule is CC(NC1CC(C)(C)Oc2ccccc21)C1CCCC1. The van der Waals surface area contributed by atoms with Gasteiger partial charge < -0.3 is 10.1 Å². The summed E-state index contributed by atoms with van der Waals surface area (Å²) in [7, 11) is 0. The van der Waals surface area contributed by atoms with E-state index in [-0.39, 0.29) is 5.60 Å². The Kier molecular flexibility index (Phi) is 3.76. The lowest BCUT2D eigenvalue weighted by Gasteiger charge is -2.39. The Hall–Kier alpha value is -1.02. The first-order valence-corrected chi connectivity index (χ1v) is 8.09. The predicted molar refractivity (Wildman–Crippen MR) is 83.1 cm³/mol. The van der Waals surface area contributed by atoms with Crippen molar-refractivity contribution in [2.45, 2.75) is 70.6 Å². The average molecular weight is 273 g/mol. The number of rotatable bonds is 3. The molecule has 1 aromatic carbocycles. The van der Waals surface area contributed by atoms with Crippen molar-refractivity contribution < 1.29 is 4.74 Å². The Morgan fingerprint density at radius 3 is 2.65 bits per heavy atom. The zero-order valence-electron chi connectivity index (χ0n) is 13.0. The number of hydrogen-bond acceptors (Lipinski definition) is 2. The van der Waals surface area contributed by atoms with Crippen molar-refractivity contribution in [3.05, 3.63) is 29.8 Å². The fraction of sp³-hybridized carbons (Fsp3) is 0.667. The van der Waals surface area contributed by atoms with E-state index in [4.69, 9.17) is 4.74 Å². The summed E-state index contributed by atoms with van der Waals surface area (Å²) >= 11 is 0. The molecule has 0 aromatic heterocycles. The van der Waals surface area contributed by atoms with E-state index in [1.807, 2.05) is 0 Å². The zero-order valence-corrected chi connectivity index (χ0v) is 13.0. The number of para-hydroxylation sites is 1. The summed E-state index contributed by atoms with van der Waals surface area (Å²) in [5.41, 5.74) is 1.25. The second-order valence-electron chi connectivity index (χ2n) is 7.16. The molecule has 2 heteroatoms. The smallest absolute Gasteiger partial charge is 0.124 e. The van der Waals surface area contributed by atoms with Crippen molar-refractivity contribution in [1.82, 2.24) is 5.32 Å². The van der Waals surface area contributed by atoms with Crippen LogP contribution in [0.1, 0.15) is 64.5 Å². The van der Waals surface area contributed by atoms with Crippen LogP contribution in [0.2, 0.25) is 0 Å². The van der Waals surface area contributed by atoms with E-state index in [1.165, 1.54) is 31.2 Å². The van der Waals surface area contributed by atoms with Gasteiger partial charge in [-0.25, -0.2) is 0 Å². The minimum atomic E-state index is -0.0819. The molecule has 0 saturated heterocycles. The molecule has 1 aliphatic heterocycles. The third-order valence-electron chi connectivity index (χ3n) is 4.95. The first kappa shape index (κ1) is 13.9. The van der Waals surface area contributed by atoms with E-state index in [0.29, 0.717) is 12.1 Å². The Labute approximate surface area is 122 Å². The molecule has 2 nitrogen and oxygen atoms in total. The molecule has 2 unspecified atom stereocenters. The van der Waals surface area contributed by atoms with Crippen LogP contribution in [0.4, 0.5) is 0 Å². The van der Waals surface area contributed by atoms with Crippen LogP contribution in [-0.4, -0.2) is 11.6 Å². The van der Waals surface area contributed by atoms with Gasteiger partial charge in [0.15, 0.2) is 0 Å². The van der Waals surface area contributed by atoms with Gasteiger partial charge in [-0.1, -0.05) is 31.0 Å². The molecule has 20 heavy (non-hydrogen) atoms. The highest BCUT2D eigenvalue weighted by molar-refractivity contribution is 5.38. The maximum absolute atomic E-state index is 6.12. The van der Waals surface area contributed by atoms with Crippen molar-refractivity contribution >= 4 is 0 Å². The first-order chi connectivity index (χ1) is 9.55. The molecule has 0 spiro atoms. The molecular formula is C18H27NO. The van der Waals surface area contributed by atoms with Crippen LogP contribution in [0, 0.1) is 5.92 Å². The standard InChI is InChI=1S/C18H27NO/c1-13(14-8-4-5-9-14)19-16-12-18(2,3)20-17-11-7-6-10-15(16)17/h6-7,10-11,13-14,16,19H,4-5,8-9,12H2,1-3H3. The van der Waals surface area contributed by atoms with Crippen LogP contribution in [-0.2, 0) is 0 Å². The van der Waals surface area contributed by atoms with Gasteiger partial charge in [-0.3, -0.25) is 0 Å². The molecule has 0 bridgehead atoms. The predicted octanol–water partition coefficient (Wildman–Crippen LogP) is 4.46. The van der Waals surface area contributed by atoms with Crippen LogP contribution in [0.15, 0.2) is 24.3 Å². The van der Waals surface area contributed by atoms with Gasteiger partial charge in [0.25, 0.3) is 0 Å². The van der Waals surface area contributed by atoms with Crippen LogP contribution < -0.4 is 10.1 Å². The third kappa shape index (κ3) is 2.85. The molecule has 3 rings (SSSR count). The normalized spacial score (nSPS) is 26.9. The summed E-state index contributed by atoms with van der Waals surface area (Å²) in [6, 6.07) is 9.53. The highest BCUT2D eigenvalue weighted by atomic mass is 16.5. The lowest BCUT2D eigenvalue weighted by Crippen LogP contribution is -2.43. The number of benzene rings is 1. The van der Waals surface area contributed by atoms with Gasteiger partial charge in [0.1, 0.15) is 11.4 Å². The van der Waals surface area contributed by atoms with E-state index >= 15 is 0 Å². The summed E-state index contributed by atoms with van der Waals surface area (Å²) in [5.74, 6) is 1.91. The maximum atomic E-state index is 6.12. The van der Waals surface area contributed by atoms with Crippen LogP contribution in [0.3, 0.4) is 0 Å². The summed E-state index contributed by atoms with van der Waals surface area (Å²) in [5, 5.41) is 3.89. The zero-order chi connectivity index (χ0) is 14.2. The number of fused-ring (bicyclic) bond motifs is 1. The van der Waals surface area contributed by atoms with E-state index in [1.54, 1.807) is 0 Å². The van der Waals surface area contributed by atoms with Crippen molar-refractivity contribution in [2.75, 3.05) is 0 Å². The fourth-order valence-corrected chi connectivity index (χ4v) is 3.86. The fourth-order valence-electron chi connectivity index (χ4n) is 3.86. The number of nitrogens with one attached hydrogen (secondary N) is 1. The molecule has 1 N–H and O–H groups in total. The summed E-state index contributed by atoms with van der Waals surface area (Å²) < 4.78 is 6.12. The molecule has 0 amide bonds. The Morgan fingerprint density at radius 1 is 1.20 bits per heavy atom. The Balaban J connectivity index is 1.78. The van der Waals surface area contributed by atoms with Crippen LogP contribution >= 0.6 is 0 Å². The second kappa shape index (κ2) is 5.40. The molecule has 1 aromatic rings. The number of ether oxygens (including phenoxy) is 1. The second-order valence-corrected chi connectivity index (χ2v) is 7.16. The minimum Gasteiger partial charge on any atom is -0.487 e. The molecule has 110 valence electrons. The van der Waals surface area contributed by atoms with Gasteiger partial charge >= 0.3 is 0 Å². The van der Waals surface area contributed by atoms with E-state index in [9.17, 15) is 0 Å². The molecule has 1 heterocycles. The van der Waals surface area contributed by atoms with E-state index < -0.39 is 0 Å². The quantitative estimate of drug-likeness (QED) is 0.878. The Bertz CT molecular complexity index is 462. The van der Waals surface area contributed by atoms with Crippen LogP contribution in [0.5, 0.6) is 5.75 Å². The third-order valence-corrected chi connectivity index (χ3v) is 4.95. The summed E-state index contributed by atoms with van der Waals surface area (Å²) in [4.78, 5) is 0. The molecule has 2 atom stereocenters. The van der Waals surface area contributed by atoms with Crippen molar-refractivity contribution in [3.63, 3.8) is 0 Å². The largest absolute Gasteiger partial charge is 0.487 e. The molecule has 1 saturated carbocycles. The lowest BCUT2D eigenvalue weighted by atomic mass is 9.88. The Morgan fingerprint density at radius 2 is 1.90 bits per heavy atom. The van der Waals surface area contributed by atoms with Crippen molar-refractivity contribution in [2.24, 2.45) is 5.92 Å². The maximum Gasteiger partial charge on any atom is 0.124 e. The lowest BCUT2D eigenvalue weighted by molar-refractivity contribution is 0.0623. The summed E-state index contributed by atoms with van der Waals surface area (Å²) in [6.45, 7) is 6.75. The van der Waals surface area contributed by atoms with Gasteiger partial charge in [0, 0.05) is 24.1 Å². The molecule has 0 radical (unpaired) electrons. The van der Waals surface area contributed by atoms with Gasteiger partial charge in [-0.05, 0) is 45.6 Å². The van der Waals surface area contributed by atoms with E-state index in [2.05, 4.69) is 50.4 Å². The van der Waals surface area contributed by atoms with E-state index in [0.717, 1.165) is 18.1 Å². The minimum absolute atomic E-state index is 0.0819. The van der Waals surface area contributed by atoms with Crippen molar-refractivity contribution in [3.8, 4) is 5.75 Å². The monoisotopic (exact) mass is 273 g/mol.